The first kappa shape index (κ1) is 14.9. The number of likely N-dealkylation sites (N-methyl/N-ethyl adjacent to an activating group) is 1. The highest BCUT2D eigenvalue weighted by Crippen LogP contribution is 2.15. The molecule has 1 fully saturated rings. The predicted octanol–water partition coefficient (Wildman–Crippen LogP) is 1.88. The second kappa shape index (κ2) is 7.29. The van der Waals surface area contributed by atoms with Crippen molar-refractivity contribution in [1.29, 1.82) is 0 Å². The molecule has 1 saturated heterocycles. The third kappa shape index (κ3) is 4.23. The molecule has 1 aliphatic heterocycles. The molecule has 4 nitrogen and oxygen atoms in total. The molecule has 2 rings (SSSR count). The van der Waals surface area contributed by atoms with Gasteiger partial charge in [-0.15, -0.1) is 0 Å². The van der Waals surface area contributed by atoms with Crippen molar-refractivity contribution < 1.29 is 0 Å². The van der Waals surface area contributed by atoms with Gasteiger partial charge >= 0.3 is 0 Å². The average molecular weight is 274 g/mol. The van der Waals surface area contributed by atoms with Crippen LogP contribution in [0.2, 0.25) is 0 Å². The van der Waals surface area contributed by atoms with E-state index in [-0.39, 0.29) is 0 Å². The van der Waals surface area contributed by atoms with Crippen LogP contribution in [0.5, 0.6) is 0 Å². The Labute approximate surface area is 122 Å². The molecule has 110 valence electrons. The van der Waals surface area contributed by atoms with Crippen LogP contribution >= 0.6 is 0 Å². The number of likely N-dealkylation sites (tertiary alicyclic amines) is 1. The standard InChI is InChI=1S/C16H26N4/c1-3-20-9-5-8-15(20)12-19-16(17)18-11-14-7-4-6-13(2)10-14/h4,6-7,10,15H,3,5,8-9,11-12H2,1-2H3,(H3,17,18,19). The first-order chi connectivity index (χ1) is 9.69. The highest BCUT2D eigenvalue weighted by atomic mass is 15.2. The fraction of sp³-hybridized carbons (Fsp3) is 0.562. The lowest BCUT2D eigenvalue weighted by atomic mass is 10.1. The Morgan fingerprint density at radius 2 is 2.35 bits per heavy atom. The van der Waals surface area contributed by atoms with Crippen LogP contribution in [0.15, 0.2) is 29.3 Å². The minimum Gasteiger partial charge on any atom is -0.370 e. The topological polar surface area (TPSA) is 53.6 Å². The van der Waals surface area contributed by atoms with Crippen LogP contribution < -0.4 is 11.1 Å². The lowest BCUT2D eigenvalue weighted by Crippen LogP contribution is -2.42. The number of nitrogens with one attached hydrogen (secondary N) is 1. The Balaban J connectivity index is 1.79. The van der Waals surface area contributed by atoms with Crippen LogP contribution in [0.3, 0.4) is 0 Å². The number of benzene rings is 1. The number of aliphatic imine (C=N–C) groups is 1. The van der Waals surface area contributed by atoms with Crippen molar-refractivity contribution in [2.75, 3.05) is 19.6 Å². The zero-order valence-electron chi connectivity index (χ0n) is 12.6. The molecule has 0 bridgehead atoms. The van der Waals surface area contributed by atoms with Crippen LogP contribution in [0.1, 0.15) is 30.9 Å². The molecule has 1 heterocycles. The maximum absolute atomic E-state index is 5.94. The van der Waals surface area contributed by atoms with E-state index in [1.54, 1.807) is 0 Å². The lowest BCUT2D eigenvalue weighted by Gasteiger charge is -2.23. The predicted molar refractivity (Wildman–Crippen MR) is 84.8 cm³/mol. The van der Waals surface area contributed by atoms with E-state index in [9.17, 15) is 0 Å². The summed E-state index contributed by atoms with van der Waals surface area (Å²) in [5.74, 6) is 0.550. The number of hydrogen-bond acceptors (Lipinski definition) is 2. The summed E-state index contributed by atoms with van der Waals surface area (Å²) in [6.45, 7) is 8.18. The molecule has 0 saturated carbocycles. The molecule has 1 aromatic carbocycles. The fourth-order valence-corrected chi connectivity index (χ4v) is 2.81. The van der Waals surface area contributed by atoms with E-state index >= 15 is 0 Å². The molecule has 0 aromatic heterocycles. The number of rotatable bonds is 5. The van der Waals surface area contributed by atoms with Crippen molar-refractivity contribution in [2.45, 2.75) is 39.3 Å². The highest BCUT2D eigenvalue weighted by molar-refractivity contribution is 5.77. The smallest absolute Gasteiger partial charge is 0.188 e. The molecule has 0 amide bonds. The van der Waals surface area contributed by atoms with Crippen LogP contribution in [-0.2, 0) is 6.54 Å². The van der Waals surface area contributed by atoms with Crippen LogP contribution in [-0.4, -0.2) is 36.5 Å². The summed E-state index contributed by atoms with van der Waals surface area (Å²) >= 11 is 0. The van der Waals surface area contributed by atoms with Gasteiger partial charge in [-0.05, 0) is 38.4 Å². The molecule has 1 aliphatic rings. The maximum Gasteiger partial charge on any atom is 0.188 e. The van der Waals surface area contributed by atoms with Gasteiger partial charge < -0.3 is 11.1 Å². The van der Waals surface area contributed by atoms with Crippen LogP contribution in [0, 0.1) is 6.92 Å². The van der Waals surface area contributed by atoms with Gasteiger partial charge in [0.25, 0.3) is 0 Å². The van der Waals surface area contributed by atoms with E-state index in [2.05, 4.69) is 53.3 Å². The fourth-order valence-electron chi connectivity index (χ4n) is 2.81. The Morgan fingerprint density at radius 1 is 1.50 bits per heavy atom. The maximum atomic E-state index is 5.94. The molecule has 20 heavy (non-hydrogen) atoms. The molecule has 3 N–H and O–H groups in total. The van der Waals surface area contributed by atoms with Crippen molar-refractivity contribution in [3.63, 3.8) is 0 Å². The summed E-state index contributed by atoms with van der Waals surface area (Å²) in [6.07, 6.45) is 2.55. The number of nitrogens with zero attached hydrogens (tertiary/aromatic N) is 2. The van der Waals surface area contributed by atoms with Crippen LogP contribution in [0.25, 0.3) is 0 Å². The minimum absolute atomic E-state index is 0.550. The third-order valence-corrected chi connectivity index (χ3v) is 3.94. The van der Waals surface area contributed by atoms with Crippen molar-refractivity contribution in [1.82, 2.24) is 10.2 Å². The van der Waals surface area contributed by atoms with Gasteiger partial charge in [0.05, 0.1) is 6.54 Å². The quantitative estimate of drug-likeness (QED) is 0.637. The summed E-state index contributed by atoms with van der Waals surface area (Å²) in [4.78, 5) is 6.91. The summed E-state index contributed by atoms with van der Waals surface area (Å²) in [5, 5.41) is 3.26. The number of hydrogen-bond donors (Lipinski definition) is 2. The van der Waals surface area contributed by atoms with Gasteiger partial charge in [-0.3, -0.25) is 4.90 Å². The lowest BCUT2D eigenvalue weighted by molar-refractivity contribution is 0.267. The van der Waals surface area contributed by atoms with E-state index in [4.69, 9.17) is 5.73 Å². The first-order valence-electron chi connectivity index (χ1n) is 7.52. The summed E-state index contributed by atoms with van der Waals surface area (Å²) in [5.41, 5.74) is 8.40. The second-order valence-corrected chi connectivity index (χ2v) is 5.50. The third-order valence-electron chi connectivity index (χ3n) is 3.94. The Hall–Kier alpha value is -1.55. The largest absolute Gasteiger partial charge is 0.370 e. The van der Waals surface area contributed by atoms with Gasteiger partial charge in [0, 0.05) is 12.6 Å². The van der Waals surface area contributed by atoms with Crippen LogP contribution in [0.4, 0.5) is 0 Å². The van der Waals surface area contributed by atoms with E-state index in [0.29, 0.717) is 18.5 Å². The normalized spacial score (nSPS) is 20.3. The van der Waals surface area contributed by atoms with Gasteiger partial charge in [-0.2, -0.15) is 0 Å². The Morgan fingerprint density at radius 3 is 3.10 bits per heavy atom. The van der Waals surface area contributed by atoms with Gasteiger partial charge in [-0.25, -0.2) is 4.99 Å². The SMILES string of the molecule is CCN1CCCC1CNC(N)=NCc1cccc(C)c1. The summed E-state index contributed by atoms with van der Waals surface area (Å²) in [7, 11) is 0. The van der Waals surface area contributed by atoms with Crippen molar-refractivity contribution >= 4 is 5.96 Å². The number of guanidine groups is 1. The molecular formula is C16H26N4. The van der Waals surface area contributed by atoms with Crippen molar-refractivity contribution in [3.05, 3.63) is 35.4 Å². The van der Waals surface area contributed by atoms with E-state index in [1.165, 1.54) is 30.5 Å². The molecule has 1 atom stereocenters. The minimum atomic E-state index is 0.550. The Kier molecular flexibility index (Phi) is 5.41. The summed E-state index contributed by atoms with van der Waals surface area (Å²) in [6, 6.07) is 8.98. The molecular weight excluding hydrogens is 248 g/mol. The van der Waals surface area contributed by atoms with Gasteiger partial charge in [0.1, 0.15) is 0 Å². The highest BCUT2D eigenvalue weighted by Gasteiger charge is 2.22. The zero-order valence-corrected chi connectivity index (χ0v) is 12.6. The second-order valence-electron chi connectivity index (χ2n) is 5.50. The van der Waals surface area contributed by atoms with Crippen molar-refractivity contribution in [2.24, 2.45) is 10.7 Å². The molecule has 4 heteroatoms. The van der Waals surface area contributed by atoms with E-state index < -0.39 is 0 Å². The number of aryl methyl sites for hydroxylation is 1. The van der Waals surface area contributed by atoms with E-state index in [0.717, 1.165) is 13.1 Å². The molecule has 0 spiro atoms. The molecule has 0 aliphatic carbocycles. The number of nitrogens with two attached hydrogens (primary N) is 1. The summed E-state index contributed by atoms with van der Waals surface area (Å²) < 4.78 is 0. The monoisotopic (exact) mass is 274 g/mol. The Bertz CT molecular complexity index is 456. The van der Waals surface area contributed by atoms with Gasteiger partial charge in [-0.1, -0.05) is 36.8 Å². The van der Waals surface area contributed by atoms with E-state index in [1.807, 2.05) is 0 Å². The van der Waals surface area contributed by atoms with Gasteiger partial charge in [0.2, 0.25) is 0 Å². The molecule has 1 unspecified atom stereocenters. The van der Waals surface area contributed by atoms with Crippen molar-refractivity contribution in [3.8, 4) is 0 Å². The first-order valence-corrected chi connectivity index (χ1v) is 7.52. The zero-order chi connectivity index (χ0) is 14.4. The van der Waals surface area contributed by atoms with Gasteiger partial charge in [0.15, 0.2) is 5.96 Å². The average Bonchev–Trinajstić information content (AvgIpc) is 2.90. The molecule has 0 radical (unpaired) electrons. The molecule has 1 aromatic rings.